The first-order chi connectivity index (χ1) is 5.10. The second kappa shape index (κ2) is 3.84. The quantitative estimate of drug-likeness (QED) is 0.543. The number of hydrogen-bond acceptors (Lipinski definition) is 2. The molecule has 0 N–H and O–H groups in total. The third kappa shape index (κ3) is 3.51. The summed E-state index contributed by atoms with van der Waals surface area (Å²) in [5, 5.41) is 0. The van der Waals surface area contributed by atoms with Crippen LogP contribution in [-0.4, -0.2) is 24.2 Å². The van der Waals surface area contributed by atoms with Crippen molar-refractivity contribution in [3.63, 3.8) is 0 Å². The molecule has 0 radical (unpaired) electrons. The molecule has 0 aromatic rings. The highest BCUT2D eigenvalue weighted by Gasteiger charge is 2.28. The Bertz CT molecular complexity index is 128. The maximum absolute atomic E-state index is 5.93. The van der Waals surface area contributed by atoms with E-state index in [4.69, 9.17) is 8.54 Å². The van der Waals surface area contributed by atoms with Crippen molar-refractivity contribution in [2.75, 3.05) is 6.61 Å². The Kier molecular flexibility index (Phi) is 3.30. The molecule has 0 aromatic carbocycles. The van der Waals surface area contributed by atoms with Crippen molar-refractivity contribution in [2.45, 2.75) is 38.5 Å². The second-order valence-electron chi connectivity index (χ2n) is 3.67. The van der Waals surface area contributed by atoms with Crippen LogP contribution in [0.4, 0.5) is 0 Å². The Balaban J connectivity index is 2.42. The molecule has 0 aromatic heterocycles. The second-order valence-corrected chi connectivity index (χ2v) is 9.90. The summed E-state index contributed by atoms with van der Waals surface area (Å²) in [6, 6.07) is 1.33. The lowest BCUT2D eigenvalue weighted by Gasteiger charge is -2.29. The van der Waals surface area contributed by atoms with Crippen LogP contribution >= 0.6 is 0 Å². The van der Waals surface area contributed by atoms with Crippen molar-refractivity contribution in [3.8, 4) is 0 Å². The summed E-state index contributed by atoms with van der Waals surface area (Å²) < 4.78 is 11.6. The van der Waals surface area contributed by atoms with Crippen LogP contribution in [0.1, 0.15) is 12.8 Å². The van der Waals surface area contributed by atoms with Crippen molar-refractivity contribution < 1.29 is 8.54 Å². The van der Waals surface area contributed by atoms with E-state index in [1.54, 1.807) is 0 Å². The Labute approximate surface area is 71.9 Å². The zero-order valence-corrected chi connectivity index (χ0v) is 9.88. The molecule has 1 rings (SSSR count). The summed E-state index contributed by atoms with van der Waals surface area (Å²) in [5.41, 5.74) is 0. The third-order valence-corrected chi connectivity index (χ3v) is 7.94. The highest BCUT2D eigenvalue weighted by molar-refractivity contribution is 6.73. The van der Waals surface area contributed by atoms with E-state index in [2.05, 4.69) is 19.6 Å². The molecule has 1 unspecified atom stereocenters. The molecule has 1 atom stereocenters. The van der Waals surface area contributed by atoms with Gasteiger partial charge in [0.05, 0.1) is 0 Å². The van der Waals surface area contributed by atoms with Crippen LogP contribution in [0, 0.1) is 0 Å². The van der Waals surface area contributed by atoms with Gasteiger partial charge in [-0.1, -0.05) is 6.42 Å². The van der Waals surface area contributed by atoms with E-state index in [1.165, 1.54) is 18.9 Å². The van der Waals surface area contributed by atoms with E-state index in [0.717, 1.165) is 6.61 Å². The van der Waals surface area contributed by atoms with Gasteiger partial charge in [0, 0.05) is 6.61 Å². The fraction of sp³-hybridized carbons (Fsp3) is 1.00. The van der Waals surface area contributed by atoms with Crippen LogP contribution in [-0.2, 0) is 8.54 Å². The van der Waals surface area contributed by atoms with Gasteiger partial charge in [-0.05, 0) is 32.1 Å². The molecule has 1 aliphatic heterocycles. The first kappa shape index (κ1) is 9.44. The van der Waals surface area contributed by atoms with Gasteiger partial charge in [0.1, 0.15) is 0 Å². The van der Waals surface area contributed by atoms with Crippen LogP contribution in [0.3, 0.4) is 0 Å². The summed E-state index contributed by atoms with van der Waals surface area (Å²) >= 11 is 0. The van der Waals surface area contributed by atoms with Gasteiger partial charge in [-0.3, -0.25) is 0 Å². The predicted molar refractivity (Wildman–Crippen MR) is 51.6 cm³/mol. The molecule has 1 fully saturated rings. The molecule has 0 spiro atoms. The molecular formula is C7H18O2Si2. The van der Waals surface area contributed by atoms with Gasteiger partial charge in [0.25, 0.3) is 0 Å². The van der Waals surface area contributed by atoms with Crippen LogP contribution in [0.2, 0.25) is 25.7 Å². The normalized spacial score (nSPS) is 32.5. The number of hydrogen-bond donors (Lipinski definition) is 0. The Morgan fingerprint density at radius 1 is 1.27 bits per heavy atom. The van der Waals surface area contributed by atoms with Gasteiger partial charge in [-0.25, -0.2) is 0 Å². The van der Waals surface area contributed by atoms with Crippen LogP contribution in [0.15, 0.2) is 0 Å². The summed E-state index contributed by atoms with van der Waals surface area (Å²) in [4.78, 5) is 0. The van der Waals surface area contributed by atoms with E-state index in [1.807, 2.05) is 0 Å². The standard InChI is InChI=1S/C7H18O2Si2/c1-10-7-5-4-6-8-11(2,3)9-10/h10H,4-7H2,1-3H3. The van der Waals surface area contributed by atoms with Crippen molar-refractivity contribution in [1.82, 2.24) is 0 Å². The molecule has 2 nitrogen and oxygen atoms in total. The molecule has 4 heteroatoms. The average molecular weight is 190 g/mol. The third-order valence-electron chi connectivity index (χ3n) is 1.94. The minimum Gasteiger partial charge on any atom is -0.439 e. The lowest BCUT2D eigenvalue weighted by atomic mass is 10.4. The fourth-order valence-corrected chi connectivity index (χ4v) is 7.55. The molecule has 1 saturated heterocycles. The van der Waals surface area contributed by atoms with Gasteiger partial charge < -0.3 is 8.54 Å². The SMILES string of the molecule is C[SiH]1CCCCO[Si](C)(C)O1. The van der Waals surface area contributed by atoms with E-state index in [9.17, 15) is 0 Å². The average Bonchev–Trinajstić information content (AvgIpc) is 1.82. The van der Waals surface area contributed by atoms with E-state index < -0.39 is 17.6 Å². The van der Waals surface area contributed by atoms with Gasteiger partial charge in [-0.15, -0.1) is 0 Å². The van der Waals surface area contributed by atoms with Crippen molar-refractivity contribution in [1.29, 1.82) is 0 Å². The smallest absolute Gasteiger partial charge is 0.321 e. The zero-order valence-electron chi connectivity index (χ0n) is 7.72. The molecule has 0 saturated carbocycles. The minimum atomic E-state index is -1.67. The maximum atomic E-state index is 5.93. The summed E-state index contributed by atoms with van der Waals surface area (Å²) in [6.45, 7) is 7.51. The fourth-order valence-electron chi connectivity index (χ4n) is 1.43. The van der Waals surface area contributed by atoms with Crippen LogP contribution in [0.25, 0.3) is 0 Å². The van der Waals surface area contributed by atoms with Crippen molar-refractivity contribution in [2.24, 2.45) is 0 Å². The first-order valence-corrected chi connectivity index (χ1v) is 9.68. The van der Waals surface area contributed by atoms with Crippen LogP contribution < -0.4 is 0 Å². The Morgan fingerprint density at radius 3 is 2.73 bits per heavy atom. The highest BCUT2D eigenvalue weighted by Crippen LogP contribution is 2.16. The van der Waals surface area contributed by atoms with E-state index in [0.29, 0.717) is 0 Å². The van der Waals surface area contributed by atoms with E-state index in [-0.39, 0.29) is 0 Å². The van der Waals surface area contributed by atoms with Crippen molar-refractivity contribution >= 4 is 17.6 Å². The van der Waals surface area contributed by atoms with Crippen molar-refractivity contribution in [3.05, 3.63) is 0 Å². The summed E-state index contributed by atoms with van der Waals surface area (Å²) in [7, 11) is -2.53. The molecular weight excluding hydrogens is 172 g/mol. The molecule has 11 heavy (non-hydrogen) atoms. The molecule has 0 amide bonds. The topological polar surface area (TPSA) is 18.5 Å². The van der Waals surface area contributed by atoms with Gasteiger partial charge >= 0.3 is 8.56 Å². The molecule has 1 heterocycles. The summed E-state index contributed by atoms with van der Waals surface area (Å²) in [6.07, 6.45) is 2.54. The monoisotopic (exact) mass is 190 g/mol. The predicted octanol–water partition coefficient (Wildman–Crippen LogP) is 1.87. The highest BCUT2D eigenvalue weighted by atomic mass is 28.4. The zero-order chi connectivity index (χ0) is 8.32. The molecule has 0 bridgehead atoms. The van der Waals surface area contributed by atoms with Gasteiger partial charge in [0.2, 0.25) is 0 Å². The molecule has 66 valence electrons. The first-order valence-electron chi connectivity index (χ1n) is 4.42. The largest absolute Gasteiger partial charge is 0.439 e. The lowest BCUT2D eigenvalue weighted by Crippen LogP contribution is -2.41. The van der Waals surface area contributed by atoms with Crippen LogP contribution in [0.5, 0.6) is 0 Å². The van der Waals surface area contributed by atoms with Gasteiger partial charge in [0.15, 0.2) is 9.04 Å². The summed E-state index contributed by atoms with van der Waals surface area (Å²) in [5.74, 6) is 0. The Morgan fingerprint density at radius 2 is 2.00 bits per heavy atom. The molecule has 1 aliphatic rings. The van der Waals surface area contributed by atoms with E-state index >= 15 is 0 Å². The Hall–Kier alpha value is 0.354. The van der Waals surface area contributed by atoms with Gasteiger partial charge in [-0.2, -0.15) is 0 Å². The minimum absolute atomic E-state index is 0.857. The lowest BCUT2D eigenvalue weighted by molar-refractivity contribution is 0.235. The maximum Gasteiger partial charge on any atom is 0.321 e. The number of rotatable bonds is 0. The molecule has 0 aliphatic carbocycles.